The summed E-state index contributed by atoms with van der Waals surface area (Å²) in [7, 11) is -2.34. The number of halogens is 5. The molecule has 2 atom stereocenters. The van der Waals surface area contributed by atoms with Gasteiger partial charge in [-0.2, -0.15) is 13.2 Å². The Balaban J connectivity index is 0.00000260. The number of guanidine groups is 1. The number of alkyl halides is 3. The van der Waals surface area contributed by atoms with Crippen molar-refractivity contribution in [2.45, 2.75) is 44.3 Å². The molecule has 3 N–H and O–H groups in total. The molecule has 0 saturated carbocycles. The van der Waals surface area contributed by atoms with Crippen molar-refractivity contribution < 1.29 is 26.6 Å². The number of aliphatic imine (C=N–C) groups is 1. The number of pyridine rings is 1. The van der Waals surface area contributed by atoms with Crippen LogP contribution in [0, 0.1) is 5.82 Å². The van der Waals surface area contributed by atoms with E-state index < -0.39 is 62.7 Å². The Morgan fingerprint density at radius 2 is 1.74 bits per heavy atom. The predicted octanol–water partition coefficient (Wildman–Crippen LogP) is 5.32. The number of hydrogen-bond acceptors (Lipinski definition) is 5. The monoisotopic (exact) mass is 655 g/mol. The molecule has 39 heavy (non-hydrogen) atoms. The van der Waals surface area contributed by atoms with Crippen LogP contribution in [-0.4, -0.2) is 68.1 Å². The lowest BCUT2D eigenvalue weighted by Crippen LogP contribution is -2.55. The van der Waals surface area contributed by atoms with Crippen LogP contribution in [0.3, 0.4) is 0 Å². The molecular formula is C25H34BrF4N5O2S2. The van der Waals surface area contributed by atoms with Gasteiger partial charge >= 0.3 is 6.18 Å². The minimum absolute atomic E-state index is 0.129. The third-order valence-corrected chi connectivity index (χ3v) is 12.9. The summed E-state index contributed by atoms with van der Waals surface area (Å²) in [6.45, 7) is 5.86. The van der Waals surface area contributed by atoms with Crippen LogP contribution >= 0.6 is 26.0 Å². The zero-order valence-corrected chi connectivity index (χ0v) is 25.7. The molecule has 1 aliphatic heterocycles. The minimum atomic E-state index is -4.72. The lowest BCUT2D eigenvalue weighted by Gasteiger charge is -2.40. The van der Waals surface area contributed by atoms with Crippen LogP contribution in [0.1, 0.15) is 43.7 Å². The van der Waals surface area contributed by atoms with Crippen molar-refractivity contribution in [2.24, 2.45) is 10.7 Å². The standard InChI is InChI=1S/C24H29BrF4N4O2S2.CH5N/c1-5-37(6-2,7-3)17-13-18(25)30-20(19(17)26)23(4)15-36(35)33(14-24(27,28)29)22(32-23)31-21(34)16-11-9-8-10-12-16;1-2/h8-13H,5-7,14-15H2,1-4H3,(H,31,32,34);2H2,1H3. The zero-order valence-electron chi connectivity index (χ0n) is 22.4. The van der Waals surface area contributed by atoms with Gasteiger partial charge in [0.1, 0.15) is 33.4 Å². The number of hydrogen-bond donors (Lipinski definition) is 2. The van der Waals surface area contributed by atoms with Gasteiger partial charge in [0.15, 0.2) is 5.82 Å². The van der Waals surface area contributed by atoms with Gasteiger partial charge in [0.25, 0.3) is 5.91 Å². The van der Waals surface area contributed by atoms with E-state index in [4.69, 9.17) is 0 Å². The largest absolute Gasteiger partial charge is 0.407 e. The van der Waals surface area contributed by atoms with Gasteiger partial charge in [-0.3, -0.25) is 14.4 Å². The number of amides is 1. The van der Waals surface area contributed by atoms with E-state index in [2.05, 4.69) is 37.0 Å². The Bertz CT molecular complexity index is 1200. The second-order valence-corrected chi connectivity index (χ2v) is 15.1. The average molecular weight is 657 g/mol. The predicted molar refractivity (Wildman–Crippen MR) is 154 cm³/mol. The van der Waals surface area contributed by atoms with Gasteiger partial charge in [-0.15, -0.1) is 0 Å². The molecule has 14 heteroatoms. The Labute approximate surface area is 239 Å². The van der Waals surface area contributed by atoms with Crippen LogP contribution in [0.4, 0.5) is 17.6 Å². The van der Waals surface area contributed by atoms with Gasteiger partial charge in [0.2, 0.25) is 5.96 Å². The van der Waals surface area contributed by atoms with Gasteiger partial charge in [-0.05, 0) is 65.4 Å². The number of nitrogens with two attached hydrogens (primary N) is 1. The maximum Gasteiger partial charge on any atom is 0.407 e. The third-order valence-electron chi connectivity index (χ3n) is 6.35. The average Bonchev–Trinajstić information content (AvgIpc) is 2.90. The summed E-state index contributed by atoms with van der Waals surface area (Å²) < 4.78 is 70.3. The van der Waals surface area contributed by atoms with E-state index in [-0.39, 0.29) is 11.3 Å². The van der Waals surface area contributed by atoms with Crippen molar-refractivity contribution in [1.82, 2.24) is 14.6 Å². The Hall–Kier alpha value is -2.03. The fraction of sp³-hybridized carbons (Fsp3) is 0.480. The molecule has 0 aliphatic carbocycles. The summed E-state index contributed by atoms with van der Waals surface area (Å²) in [6.07, 6.45) is -4.72. The quantitative estimate of drug-likeness (QED) is 0.311. The van der Waals surface area contributed by atoms with Crippen LogP contribution in [0.2, 0.25) is 0 Å². The molecule has 1 amide bonds. The summed E-state index contributed by atoms with van der Waals surface area (Å²) in [6, 6.07) is 9.48. The van der Waals surface area contributed by atoms with Crippen molar-refractivity contribution in [2.75, 3.05) is 36.6 Å². The highest BCUT2D eigenvalue weighted by molar-refractivity contribution is 9.10. The van der Waals surface area contributed by atoms with Crippen molar-refractivity contribution in [3.05, 3.63) is 58.1 Å². The van der Waals surface area contributed by atoms with Crippen molar-refractivity contribution >= 4 is 48.8 Å². The summed E-state index contributed by atoms with van der Waals surface area (Å²) in [5, 5.41) is 2.36. The van der Waals surface area contributed by atoms with Gasteiger partial charge in [0, 0.05) is 10.5 Å². The smallest absolute Gasteiger partial charge is 0.333 e. The van der Waals surface area contributed by atoms with E-state index >= 15 is 4.39 Å². The molecule has 7 nitrogen and oxygen atoms in total. The second-order valence-electron chi connectivity index (χ2n) is 8.66. The summed E-state index contributed by atoms with van der Waals surface area (Å²) in [4.78, 5) is 22.0. The maximum atomic E-state index is 16.2. The molecule has 0 saturated heterocycles. The first kappa shape index (κ1) is 33.2. The number of nitrogens with zero attached hydrogens (tertiary/aromatic N) is 3. The minimum Gasteiger partial charge on any atom is -0.333 e. The van der Waals surface area contributed by atoms with Gasteiger partial charge < -0.3 is 5.73 Å². The second kappa shape index (κ2) is 13.6. The molecule has 1 aromatic heterocycles. The maximum absolute atomic E-state index is 16.2. The molecule has 2 heterocycles. The van der Waals surface area contributed by atoms with E-state index in [1.165, 1.54) is 26.1 Å². The third kappa shape index (κ3) is 7.59. The molecule has 3 rings (SSSR count). The number of benzene rings is 1. The van der Waals surface area contributed by atoms with Gasteiger partial charge in [0.05, 0.1) is 5.75 Å². The molecular weight excluding hydrogens is 622 g/mol. The fourth-order valence-corrected chi connectivity index (χ4v) is 9.21. The Morgan fingerprint density at radius 1 is 1.18 bits per heavy atom. The number of carbonyl (C=O) groups is 1. The topological polar surface area (TPSA) is 101 Å². The normalized spacial score (nSPS) is 20.0. The van der Waals surface area contributed by atoms with E-state index in [0.29, 0.717) is 13.8 Å². The fourth-order valence-electron chi connectivity index (χ4n) is 4.25. The van der Waals surface area contributed by atoms with E-state index in [9.17, 15) is 22.2 Å². The number of carbonyl (C=O) groups excluding carboxylic acids is 1. The lowest BCUT2D eigenvalue weighted by molar-refractivity contribution is -0.130. The highest BCUT2D eigenvalue weighted by Gasteiger charge is 2.45. The molecule has 2 unspecified atom stereocenters. The van der Waals surface area contributed by atoms with Crippen molar-refractivity contribution in [1.29, 1.82) is 0 Å². The molecule has 0 radical (unpaired) electrons. The first-order valence-corrected chi connectivity index (χ1v) is 16.4. The van der Waals surface area contributed by atoms with Crippen LogP contribution in [-0.2, 0) is 16.5 Å². The number of nitrogens with one attached hydrogen (secondary N) is 1. The van der Waals surface area contributed by atoms with Crippen LogP contribution < -0.4 is 11.1 Å². The summed E-state index contributed by atoms with van der Waals surface area (Å²) in [5.74, 6) is -0.141. The number of aromatic nitrogens is 1. The first-order chi connectivity index (χ1) is 18.3. The molecule has 1 aliphatic rings. The van der Waals surface area contributed by atoms with Crippen molar-refractivity contribution in [3.63, 3.8) is 0 Å². The number of rotatable bonds is 7. The molecule has 0 spiro atoms. The zero-order chi connectivity index (χ0) is 29.6. The van der Waals surface area contributed by atoms with Gasteiger partial charge in [-0.1, -0.05) is 39.0 Å². The van der Waals surface area contributed by atoms with Crippen LogP contribution in [0.15, 0.2) is 50.9 Å². The SMILES string of the molecule is CCS(CC)(CC)c1cc(Br)nc(C2(C)CS(=O)N(CC(F)(F)F)C(NC(=O)c3ccccc3)=N2)c1F.CN. The Kier molecular flexibility index (Phi) is 11.5. The first-order valence-electron chi connectivity index (χ1n) is 12.2. The molecule has 0 fully saturated rings. The molecule has 1 aromatic carbocycles. The molecule has 218 valence electrons. The summed E-state index contributed by atoms with van der Waals surface area (Å²) in [5.41, 5.74) is 2.94. The van der Waals surface area contributed by atoms with E-state index in [1.807, 2.05) is 20.8 Å². The van der Waals surface area contributed by atoms with Gasteiger partial charge in [-0.25, -0.2) is 28.6 Å². The van der Waals surface area contributed by atoms with Crippen LogP contribution in [0.5, 0.6) is 0 Å². The lowest BCUT2D eigenvalue weighted by atomic mass is 10.00. The highest BCUT2D eigenvalue weighted by atomic mass is 79.9. The molecule has 0 bridgehead atoms. The summed E-state index contributed by atoms with van der Waals surface area (Å²) >= 11 is 3.35. The van der Waals surface area contributed by atoms with Crippen molar-refractivity contribution in [3.8, 4) is 0 Å². The van der Waals surface area contributed by atoms with E-state index in [1.54, 1.807) is 24.3 Å². The Morgan fingerprint density at radius 3 is 2.26 bits per heavy atom. The van der Waals surface area contributed by atoms with Crippen LogP contribution in [0.25, 0.3) is 0 Å². The van der Waals surface area contributed by atoms with E-state index in [0.717, 1.165) is 17.3 Å². The highest BCUT2D eigenvalue weighted by Crippen LogP contribution is 2.57. The molecule has 2 aromatic rings.